The van der Waals surface area contributed by atoms with Gasteiger partial charge in [-0.1, -0.05) is 18.2 Å². The highest BCUT2D eigenvalue weighted by atomic mass is 16.6. The highest BCUT2D eigenvalue weighted by Gasteiger charge is 2.44. The second-order valence-electron chi connectivity index (χ2n) is 5.48. The fourth-order valence-corrected chi connectivity index (χ4v) is 2.80. The van der Waals surface area contributed by atoms with Crippen LogP contribution in [0.4, 0.5) is 0 Å². The molecule has 0 N–H and O–H groups in total. The number of esters is 1. The monoisotopic (exact) mass is 338 g/mol. The maximum atomic E-state index is 12.5. The molecule has 0 spiro atoms. The number of methoxy groups -OCH3 is 1. The van der Waals surface area contributed by atoms with Gasteiger partial charge in [-0.25, -0.2) is 4.79 Å². The number of carbonyl (C=O) groups excluding carboxylic acids is 1. The Morgan fingerprint density at radius 2 is 1.83 bits per heavy atom. The van der Waals surface area contributed by atoms with Gasteiger partial charge in [0.1, 0.15) is 18.3 Å². The Bertz CT molecular complexity index is 492. The predicted octanol–water partition coefficient (Wildman–Crippen LogP) is 2.07. The van der Waals surface area contributed by atoms with Crippen LogP contribution in [0.2, 0.25) is 0 Å². The minimum Gasteiger partial charge on any atom is -0.453 e. The third kappa shape index (κ3) is 4.77. The number of hydrogen-bond acceptors (Lipinski definition) is 6. The minimum absolute atomic E-state index is 0.281. The van der Waals surface area contributed by atoms with Gasteiger partial charge in [0.05, 0.1) is 18.8 Å². The molecule has 0 saturated carbocycles. The van der Waals surface area contributed by atoms with Gasteiger partial charge in [0.25, 0.3) is 0 Å². The van der Waals surface area contributed by atoms with Gasteiger partial charge < -0.3 is 23.7 Å². The van der Waals surface area contributed by atoms with E-state index in [2.05, 4.69) is 0 Å². The van der Waals surface area contributed by atoms with E-state index in [-0.39, 0.29) is 6.10 Å². The summed E-state index contributed by atoms with van der Waals surface area (Å²) in [5.74, 6) is -0.410. The molecule has 0 amide bonds. The molecule has 0 bridgehead atoms. The van der Waals surface area contributed by atoms with Gasteiger partial charge in [-0.05, 0) is 26.0 Å². The minimum atomic E-state index is -0.595. The Hall–Kier alpha value is -1.47. The quantitative estimate of drug-likeness (QED) is 0.676. The van der Waals surface area contributed by atoms with Crippen molar-refractivity contribution in [1.82, 2.24) is 0 Å². The van der Waals surface area contributed by atoms with E-state index < -0.39 is 24.3 Å². The van der Waals surface area contributed by atoms with Gasteiger partial charge >= 0.3 is 5.97 Å². The van der Waals surface area contributed by atoms with Crippen molar-refractivity contribution in [3.63, 3.8) is 0 Å². The molecule has 0 unspecified atom stereocenters. The van der Waals surface area contributed by atoms with Crippen LogP contribution in [0.5, 0.6) is 0 Å². The summed E-state index contributed by atoms with van der Waals surface area (Å²) in [7, 11) is 1.59. The molecule has 1 heterocycles. The van der Waals surface area contributed by atoms with Crippen molar-refractivity contribution in [2.24, 2.45) is 0 Å². The Morgan fingerprint density at radius 1 is 1.12 bits per heavy atom. The zero-order valence-electron chi connectivity index (χ0n) is 14.5. The number of benzene rings is 1. The Morgan fingerprint density at radius 3 is 2.46 bits per heavy atom. The summed E-state index contributed by atoms with van der Waals surface area (Å²) in [6.45, 7) is 5.54. The Labute approximate surface area is 143 Å². The largest absolute Gasteiger partial charge is 0.453 e. The predicted molar refractivity (Wildman–Crippen MR) is 88.1 cm³/mol. The fourth-order valence-electron chi connectivity index (χ4n) is 2.80. The smallest absolute Gasteiger partial charge is 0.338 e. The van der Waals surface area contributed by atoms with Crippen LogP contribution in [0.3, 0.4) is 0 Å². The van der Waals surface area contributed by atoms with Crippen LogP contribution in [0.25, 0.3) is 0 Å². The van der Waals surface area contributed by atoms with Crippen LogP contribution in [-0.4, -0.2) is 63.9 Å². The van der Waals surface area contributed by atoms with Gasteiger partial charge in [0.2, 0.25) is 0 Å². The third-order valence-corrected chi connectivity index (χ3v) is 3.85. The molecule has 1 aliphatic heterocycles. The summed E-state index contributed by atoms with van der Waals surface area (Å²) >= 11 is 0. The lowest BCUT2D eigenvalue weighted by Gasteiger charge is -2.41. The number of hydrogen-bond donors (Lipinski definition) is 0. The topological polar surface area (TPSA) is 63.2 Å². The summed E-state index contributed by atoms with van der Waals surface area (Å²) in [6.07, 6.45) is -1.66. The number of carbonyl (C=O) groups is 1. The lowest BCUT2D eigenvalue weighted by molar-refractivity contribution is -0.222. The second-order valence-corrected chi connectivity index (χ2v) is 5.48. The zero-order chi connectivity index (χ0) is 17.4. The Balaban J connectivity index is 2.18. The van der Waals surface area contributed by atoms with E-state index in [4.69, 9.17) is 23.7 Å². The third-order valence-electron chi connectivity index (χ3n) is 3.85. The van der Waals surface area contributed by atoms with E-state index in [0.717, 1.165) is 0 Å². The van der Waals surface area contributed by atoms with Gasteiger partial charge in [0, 0.05) is 20.3 Å². The molecular formula is C18H26O6. The van der Waals surface area contributed by atoms with E-state index in [0.29, 0.717) is 32.0 Å². The van der Waals surface area contributed by atoms with E-state index in [1.807, 2.05) is 19.9 Å². The highest BCUT2D eigenvalue weighted by molar-refractivity contribution is 5.89. The van der Waals surface area contributed by atoms with Crippen LogP contribution in [0, 0.1) is 0 Å². The highest BCUT2D eigenvalue weighted by Crippen LogP contribution is 2.25. The molecule has 1 aromatic carbocycles. The van der Waals surface area contributed by atoms with Crippen molar-refractivity contribution < 1.29 is 28.5 Å². The molecule has 4 atom stereocenters. The maximum absolute atomic E-state index is 12.5. The first-order chi connectivity index (χ1) is 11.7. The average Bonchev–Trinajstić information content (AvgIpc) is 2.60. The summed E-state index contributed by atoms with van der Waals surface area (Å²) in [4.78, 5) is 12.5. The molecule has 24 heavy (non-hydrogen) atoms. The van der Waals surface area contributed by atoms with Crippen molar-refractivity contribution in [3.8, 4) is 0 Å². The van der Waals surface area contributed by atoms with E-state index >= 15 is 0 Å². The van der Waals surface area contributed by atoms with Gasteiger partial charge in [-0.3, -0.25) is 0 Å². The molecule has 1 aromatic rings. The number of ether oxygens (including phenoxy) is 5. The van der Waals surface area contributed by atoms with Crippen molar-refractivity contribution in [3.05, 3.63) is 35.9 Å². The van der Waals surface area contributed by atoms with E-state index in [1.54, 1.807) is 31.4 Å². The lowest BCUT2D eigenvalue weighted by atomic mass is 9.99. The first kappa shape index (κ1) is 18.9. The van der Waals surface area contributed by atoms with Gasteiger partial charge in [0.15, 0.2) is 6.10 Å². The van der Waals surface area contributed by atoms with Crippen molar-refractivity contribution >= 4 is 5.97 Å². The van der Waals surface area contributed by atoms with Crippen molar-refractivity contribution in [2.45, 2.75) is 38.3 Å². The lowest BCUT2D eigenvalue weighted by Crippen LogP contribution is -2.57. The van der Waals surface area contributed by atoms with Crippen molar-refractivity contribution in [1.29, 1.82) is 0 Å². The molecule has 0 aliphatic carbocycles. The molecule has 1 saturated heterocycles. The molecule has 2 rings (SSSR count). The zero-order valence-corrected chi connectivity index (χ0v) is 14.5. The summed E-state index contributed by atoms with van der Waals surface area (Å²) in [5.41, 5.74) is 0.488. The van der Waals surface area contributed by atoms with Gasteiger partial charge in [-0.2, -0.15) is 0 Å². The second kappa shape index (κ2) is 9.74. The number of rotatable bonds is 8. The molecular weight excluding hydrogens is 312 g/mol. The van der Waals surface area contributed by atoms with E-state index in [9.17, 15) is 4.79 Å². The van der Waals surface area contributed by atoms with Gasteiger partial charge in [-0.15, -0.1) is 0 Å². The summed E-state index contributed by atoms with van der Waals surface area (Å²) in [5, 5.41) is 0. The standard InChI is InChI=1S/C18H26O6/c1-4-21-15-12-23-14(11-20-3)17(16(15)22-5-2)24-18(19)13-9-7-6-8-10-13/h6-10,14-17H,4-5,11-12H2,1-3H3/t14-,15+,16-,17-/m1/s1. The van der Waals surface area contributed by atoms with Crippen LogP contribution < -0.4 is 0 Å². The molecule has 1 fully saturated rings. The van der Waals surface area contributed by atoms with Crippen LogP contribution in [0.1, 0.15) is 24.2 Å². The van der Waals surface area contributed by atoms with Crippen LogP contribution >= 0.6 is 0 Å². The summed E-state index contributed by atoms with van der Waals surface area (Å²) < 4.78 is 28.3. The normalized spacial score (nSPS) is 27.0. The first-order valence-electron chi connectivity index (χ1n) is 8.31. The molecule has 1 aliphatic rings. The average molecular weight is 338 g/mol. The Kier molecular flexibility index (Phi) is 7.65. The van der Waals surface area contributed by atoms with E-state index in [1.165, 1.54) is 0 Å². The van der Waals surface area contributed by atoms with Crippen LogP contribution in [-0.2, 0) is 23.7 Å². The SMILES string of the molecule is CCO[C@H]1[C@H](OC(=O)c2ccccc2)[C@@H](COC)OC[C@@H]1OCC. The first-order valence-corrected chi connectivity index (χ1v) is 8.31. The fraction of sp³-hybridized carbons (Fsp3) is 0.611. The summed E-state index contributed by atoms with van der Waals surface area (Å²) in [6, 6.07) is 8.87. The molecule has 0 aromatic heterocycles. The maximum Gasteiger partial charge on any atom is 0.338 e. The molecule has 6 heteroatoms. The van der Waals surface area contributed by atoms with Crippen molar-refractivity contribution in [2.75, 3.05) is 33.5 Å². The molecule has 0 radical (unpaired) electrons. The molecule has 134 valence electrons. The molecule has 6 nitrogen and oxygen atoms in total. The van der Waals surface area contributed by atoms with Crippen LogP contribution in [0.15, 0.2) is 30.3 Å².